The number of nitrogen functional groups attached to an aromatic ring is 1. The number of fused-ring (bicyclic) bond motifs is 1. The van der Waals surface area contributed by atoms with Crippen LogP contribution in [0, 0.1) is 0 Å². The molecule has 3 N–H and O–H groups in total. The summed E-state index contributed by atoms with van der Waals surface area (Å²) in [4.78, 5) is 18.1. The summed E-state index contributed by atoms with van der Waals surface area (Å²) in [6.45, 7) is 0. The van der Waals surface area contributed by atoms with Gasteiger partial charge in [-0.05, 0) is 0 Å². The van der Waals surface area contributed by atoms with Crippen LogP contribution in [0.4, 0.5) is 5.95 Å². The zero-order valence-electron chi connectivity index (χ0n) is 7.32. The van der Waals surface area contributed by atoms with Crippen molar-refractivity contribution in [2.45, 2.75) is 2.06 Å². The number of aromatic amines is 1. The second-order valence-corrected chi connectivity index (χ2v) is 9.40. The Balaban J connectivity index is 2.74. The Morgan fingerprint density at radius 3 is 3.13 bits per heavy atom. The summed E-state index contributed by atoms with van der Waals surface area (Å²) in [6, 6.07) is 1.75. The number of thiol groups is 1. The van der Waals surface area contributed by atoms with Gasteiger partial charge in [-0.25, -0.2) is 0 Å². The van der Waals surface area contributed by atoms with Gasteiger partial charge in [0.15, 0.2) is 0 Å². The van der Waals surface area contributed by atoms with E-state index < -0.39 is 0 Å². The van der Waals surface area contributed by atoms with E-state index >= 15 is 0 Å². The molecule has 0 aromatic carbocycles. The molecular formula is C7H7I2N4OS-. The third-order valence-corrected chi connectivity index (χ3v) is 8.87. The van der Waals surface area contributed by atoms with Crippen LogP contribution in [0.3, 0.4) is 0 Å². The van der Waals surface area contributed by atoms with Crippen LogP contribution < -0.4 is 31.1 Å². The number of nitrogens with two attached hydrogens (primary N) is 1. The van der Waals surface area contributed by atoms with Gasteiger partial charge in [0.05, 0.1) is 0 Å². The van der Waals surface area contributed by atoms with E-state index in [0.717, 1.165) is 0 Å². The molecule has 0 amide bonds. The van der Waals surface area contributed by atoms with Gasteiger partial charge in [0.1, 0.15) is 0 Å². The van der Waals surface area contributed by atoms with Crippen LogP contribution in [0.5, 0.6) is 0 Å². The number of alkyl halides is 2. The maximum atomic E-state index is 11.5. The Hall–Kier alpha value is 0.0300. The first-order valence-electron chi connectivity index (χ1n) is 3.91. The maximum absolute atomic E-state index is 11.5. The molecule has 1 atom stereocenters. The van der Waals surface area contributed by atoms with E-state index in [1.54, 1.807) is 6.07 Å². The number of aromatic nitrogens is 3. The molecule has 1 unspecified atom stereocenters. The van der Waals surface area contributed by atoms with E-state index in [9.17, 15) is 4.79 Å². The van der Waals surface area contributed by atoms with Crippen molar-refractivity contribution in [2.75, 3.05) is 5.73 Å². The molecule has 8 heteroatoms. The van der Waals surface area contributed by atoms with Crippen molar-refractivity contribution < 1.29 is 19.8 Å². The number of anilines is 1. The van der Waals surface area contributed by atoms with Crippen molar-refractivity contribution in [2.24, 2.45) is 0 Å². The monoisotopic (exact) mass is 449 g/mol. The Morgan fingerprint density at radius 2 is 2.47 bits per heavy atom. The third-order valence-electron chi connectivity index (χ3n) is 1.89. The molecule has 2 aromatic rings. The topological polar surface area (TPSA) is 76.7 Å². The van der Waals surface area contributed by atoms with Gasteiger partial charge in [0, 0.05) is 0 Å². The van der Waals surface area contributed by atoms with Crippen molar-refractivity contribution >= 4 is 49.4 Å². The first-order valence-corrected chi connectivity index (χ1v) is 9.63. The molecule has 0 saturated heterocycles. The zero-order valence-corrected chi connectivity index (χ0v) is 12.5. The number of nitrogens with one attached hydrogen (secondary N) is 1. The molecule has 0 saturated carbocycles. The number of hydrogen-bond donors (Lipinski definition) is 3. The molecule has 0 spiro atoms. The molecule has 0 aliphatic rings. The quantitative estimate of drug-likeness (QED) is 0.286. The molecule has 0 fully saturated rings. The van der Waals surface area contributed by atoms with Crippen LogP contribution in [0.15, 0.2) is 17.1 Å². The van der Waals surface area contributed by atoms with Crippen LogP contribution >= 0.6 is 32.4 Å². The van der Waals surface area contributed by atoms with Gasteiger partial charge in [-0.15, -0.1) is 0 Å². The summed E-state index contributed by atoms with van der Waals surface area (Å²) in [6.07, 6.45) is 1.85. The Bertz CT molecular complexity index is 551. The average Bonchev–Trinajstić information content (AvgIpc) is 2.60. The number of hydrogen-bond acceptors (Lipinski definition) is 4. The summed E-state index contributed by atoms with van der Waals surface area (Å²) in [5.74, 6) is 0.147. The third kappa shape index (κ3) is 2.11. The predicted octanol–water partition coefficient (Wildman–Crippen LogP) is -1.87. The molecule has 15 heavy (non-hydrogen) atoms. The van der Waals surface area contributed by atoms with Gasteiger partial charge in [-0.1, -0.05) is 0 Å². The molecule has 0 aliphatic heterocycles. The summed E-state index contributed by atoms with van der Waals surface area (Å²) < 4.78 is 2.19. The second-order valence-electron chi connectivity index (χ2n) is 2.79. The van der Waals surface area contributed by atoms with Crippen LogP contribution in [-0.2, 0) is 0 Å². The summed E-state index contributed by atoms with van der Waals surface area (Å²) in [5.41, 5.74) is 5.93. The van der Waals surface area contributed by atoms with Gasteiger partial charge < -0.3 is 0 Å². The standard InChI is InChI=1S/C7H7I2N4OS/c8-6(9-15)13-2-1-3-4(13)11-7(10)12-5(3)14/h1-2,6,15H,(H3,10,11,12,14)/q-1. The van der Waals surface area contributed by atoms with Crippen LogP contribution in [0.1, 0.15) is 2.06 Å². The number of H-pyrrole nitrogens is 1. The van der Waals surface area contributed by atoms with Crippen LogP contribution in [0.25, 0.3) is 11.0 Å². The predicted molar refractivity (Wildman–Crippen MR) is 66.8 cm³/mol. The van der Waals surface area contributed by atoms with Gasteiger partial charge in [0.2, 0.25) is 0 Å². The van der Waals surface area contributed by atoms with Crippen molar-refractivity contribution in [1.82, 2.24) is 14.5 Å². The first kappa shape index (κ1) is 11.5. The van der Waals surface area contributed by atoms with E-state index in [-0.39, 0.29) is 33.4 Å². The number of nitrogens with zero attached hydrogens (tertiary/aromatic N) is 2. The van der Waals surface area contributed by atoms with Crippen LogP contribution in [0.2, 0.25) is 0 Å². The molecule has 5 nitrogen and oxygen atoms in total. The fourth-order valence-electron chi connectivity index (χ4n) is 1.26. The minimum atomic E-state index is -0.252. The van der Waals surface area contributed by atoms with E-state index in [0.29, 0.717) is 11.0 Å². The second kappa shape index (κ2) is 4.49. The Labute approximate surface area is 113 Å². The van der Waals surface area contributed by atoms with Crippen molar-refractivity contribution in [3.63, 3.8) is 0 Å². The van der Waals surface area contributed by atoms with Crippen molar-refractivity contribution in [3.05, 3.63) is 22.6 Å². The number of halogens is 2. The van der Waals surface area contributed by atoms with Gasteiger partial charge >= 0.3 is 114 Å². The van der Waals surface area contributed by atoms with Gasteiger partial charge in [-0.3, -0.25) is 0 Å². The summed E-state index contributed by atoms with van der Waals surface area (Å²) in [7, 11) is 4.32. The molecule has 2 heterocycles. The Kier molecular flexibility index (Phi) is 3.45. The fraction of sp³-hybridized carbons (Fsp3) is 0.143. The van der Waals surface area contributed by atoms with Crippen molar-refractivity contribution in [3.8, 4) is 0 Å². The van der Waals surface area contributed by atoms with Gasteiger partial charge in [0.25, 0.3) is 0 Å². The van der Waals surface area contributed by atoms with E-state index in [2.05, 4.69) is 42.4 Å². The average molecular weight is 449 g/mol. The normalized spacial score (nSPS) is 13.5. The summed E-state index contributed by atoms with van der Waals surface area (Å²) in [5, 5.41) is 0.566. The Morgan fingerprint density at radius 1 is 1.73 bits per heavy atom. The van der Waals surface area contributed by atoms with E-state index in [1.165, 1.54) is 0 Å². The van der Waals surface area contributed by atoms with E-state index in [4.69, 9.17) is 5.73 Å². The van der Waals surface area contributed by atoms with Crippen molar-refractivity contribution in [1.29, 1.82) is 0 Å². The van der Waals surface area contributed by atoms with Crippen LogP contribution in [-0.4, -0.2) is 14.5 Å². The molecular weight excluding hydrogens is 442 g/mol. The fourth-order valence-corrected chi connectivity index (χ4v) is 3.06. The molecule has 2 aromatic heterocycles. The molecule has 0 bridgehead atoms. The minimum absolute atomic E-state index is 0.147. The molecule has 0 radical (unpaired) electrons. The molecule has 0 aliphatic carbocycles. The zero-order chi connectivity index (χ0) is 11.0. The summed E-state index contributed by atoms with van der Waals surface area (Å²) >= 11 is 2.03. The molecule has 2 rings (SSSR count). The first-order chi connectivity index (χ1) is 7.13. The van der Waals surface area contributed by atoms with E-state index in [1.807, 2.05) is 10.8 Å². The number of rotatable bonds is 2. The molecule has 82 valence electrons. The SMILES string of the molecule is Nc1nc2c(ccn2C(I)[I-]S)c(=O)[nH]1. The van der Waals surface area contributed by atoms with Gasteiger partial charge in [-0.2, -0.15) is 0 Å².